The Morgan fingerprint density at radius 1 is 1.44 bits per heavy atom. The van der Waals surface area contributed by atoms with Crippen LogP contribution in [0.2, 0.25) is 5.02 Å². The molecule has 2 atom stereocenters. The van der Waals surface area contributed by atoms with Crippen LogP contribution in [0.4, 0.5) is 0 Å². The summed E-state index contributed by atoms with van der Waals surface area (Å²) in [6.45, 7) is 0.528. The van der Waals surface area contributed by atoms with E-state index < -0.39 is 0 Å². The van der Waals surface area contributed by atoms with Gasteiger partial charge in [-0.05, 0) is 24.5 Å². The minimum Gasteiger partial charge on any atom is -0.372 e. The Morgan fingerprint density at radius 3 is 3.00 bits per heavy atom. The van der Waals surface area contributed by atoms with Crippen molar-refractivity contribution in [1.82, 2.24) is 4.98 Å². The predicted octanol–water partition coefficient (Wildman–Crippen LogP) is 2.52. The predicted molar refractivity (Wildman–Crippen MR) is 64.3 cm³/mol. The van der Waals surface area contributed by atoms with E-state index in [1.807, 2.05) is 6.07 Å². The normalized spacial score (nSPS) is 25.6. The molecule has 1 fully saturated rings. The summed E-state index contributed by atoms with van der Waals surface area (Å²) in [7, 11) is 0. The van der Waals surface area contributed by atoms with Crippen molar-refractivity contribution in [2.45, 2.75) is 44.4 Å². The van der Waals surface area contributed by atoms with Crippen molar-refractivity contribution in [3.05, 3.63) is 29.0 Å². The van der Waals surface area contributed by atoms with E-state index in [0.29, 0.717) is 11.6 Å². The Kier molecular flexibility index (Phi) is 4.16. The second-order valence-corrected chi connectivity index (χ2v) is 4.67. The number of aromatic nitrogens is 1. The fourth-order valence-corrected chi connectivity index (χ4v) is 2.22. The Balaban J connectivity index is 1.89. The van der Waals surface area contributed by atoms with Crippen LogP contribution >= 0.6 is 11.6 Å². The Hall–Kier alpha value is -0.640. The first-order valence-corrected chi connectivity index (χ1v) is 6.11. The number of halogens is 1. The van der Waals surface area contributed by atoms with Gasteiger partial charge in [0.25, 0.3) is 0 Å². The van der Waals surface area contributed by atoms with Crippen LogP contribution in [0.25, 0.3) is 0 Å². The molecule has 2 N–H and O–H groups in total. The maximum absolute atomic E-state index is 6.01. The van der Waals surface area contributed by atoms with Gasteiger partial charge in [0.15, 0.2) is 0 Å². The highest BCUT2D eigenvalue weighted by molar-refractivity contribution is 6.31. The van der Waals surface area contributed by atoms with Crippen LogP contribution < -0.4 is 5.73 Å². The van der Waals surface area contributed by atoms with E-state index in [1.165, 1.54) is 12.8 Å². The van der Waals surface area contributed by atoms with Gasteiger partial charge in [0.05, 0.1) is 17.7 Å². The minimum atomic E-state index is 0.175. The van der Waals surface area contributed by atoms with Crippen LogP contribution in [0.3, 0.4) is 0 Å². The third kappa shape index (κ3) is 2.94. The summed E-state index contributed by atoms with van der Waals surface area (Å²) < 4.78 is 5.82. The third-order valence-electron chi connectivity index (χ3n) is 3.06. The van der Waals surface area contributed by atoms with Crippen LogP contribution in [0.15, 0.2) is 18.5 Å². The molecule has 0 aromatic carbocycles. The molecule has 1 aliphatic rings. The first kappa shape index (κ1) is 11.8. The second-order valence-electron chi connectivity index (χ2n) is 4.26. The lowest BCUT2D eigenvalue weighted by atomic mass is 9.93. The standard InChI is InChI=1S/C12H17ClN2O/c13-10-7-15-6-5-9(10)8-16-12-4-2-1-3-11(12)14/h5-7,11-12H,1-4,8,14H2. The van der Waals surface area contributed by atoms with E-state index in [2.05, 4.69) is 4.98 Å². The van der Waals surface area contributed by atoms with Crippen LogP contribution in [0.1, 0.15) is 31.2 Å². The largest absolute Gasteiger partial charge is 0.372 e. The number of rotatable bonds is 3. The number of pyridine rings is 1. The van der Waals surface area contributed by atoms with Crippen LogP contribution in [0, 0.1) is 0 Å². The number of ether oxygens (including phenoxy) is 1. The molecule has 1 aliphatic carbocycles. The molecular formula is C12H17ClN2O. The van der Waals surface area contributed by atoms with Crippen molar-refractivity contribution in [1.29, 1.82) is 0 Å². The Labute approximate surface area is 101 Å². The zero-order valence-electron chi connectivity index (χ0n) is 9.23. The molecule has 1 aromatic rings. The van der Waals surface area contributed by atoms with E-state index in [-0.39, 0.29) is 12.1 Å². The molecule has 16 heavy (non-hydrogen) atoms. The molecule has 0 radical (unpaired) electrons. The summed E-state index contributed by atoms with van der Waals surface area (Å²) in [6, 6.07) is 2.06. The van der Waals surface area contributed by atoms with Gasteiger partial charge in [0.2, 0.25) is 0 Å². The highest BCUT2D eigenvalue weighted by atomic mass is 35.5. The summed E-state index contributed by atoms with van der Waals surface area (Å²) in [6.07, 6.45) is 8.10. The first-order valence-electron chi connectivity index (χ1n) is 5.73. The molecule has 0 amide bonds. The van der Waals surface area contributed by atoms with Crippen molar-refractivity contribution in [3.8, 4) is 0 Å². The van der Waals surface area contributed by atoms with Crippen molar-refractivity contribution < 1.29 is 4.74 Å². The lowest BCUT2D eigenvalue weighted by Gasteiger charge is -2.28. The molecular weight excluding hydrogens is 224 g/mol. The van der Waals surface area contributed by atoms with E-state index in [0.717, 1.165) is 18.4 Å². The van der Waals surface area contributed by atoms with Gasteiger partial charge in [-0.1, -0.05) is 24.4 Å². The van der Waals surface area contributed by atoms with Crippen LogP contribution in [0.5, 0.6) is 0 Å². The molecule has 0 saturated heterocycles. The smallest absolute Gasteiger partial charge is 0.0737 e. The Morgan fingerprint density at radius 2 is 2.25 bits per heavy atom. The lowest BCUT2D eigenvalue weighted by molar-refractivity contribution is 0.00405. The van der Waals surface area contributed by atoms with E-state index in [9.17, 15) is 0 Å². The highest BCUT2D eigenvalue weighted by Crippen LogP contribution is 2.22. The zero-order valence-corrected chi connectivity index (χ0v) is 9.99. The van der Waals surface area contributed by atoms with Crippen molar-refractivity contribution in [2.24, 2.45) is 5.73 Å². The van der Waals surface area contributed by atoms with Crippen molar-refractivity contribution in [2.75, 3.05) is 0 Å². The molecule has 1 aromatic heterocycles. The van der Waals surface area contributed by atoms with Gasteiger partial charge in [-0.15, -0.1) is 0 Å². The van der Waals surface area contributed by atoms with E-state index in [4.69, 9.17) is 22.1 Å². The lowest BCUT2D eigenvalue weighted by Crippen LogP contribution is -2.39. The van der Waals surface area contributed by atoms with Crippen molar-refractivity contribution >= 4 is 11.6 Å². The molecule has 0 bridgehead atoms. The van der Waals surface area contributed by atoms with Crippen LogP contribution in [-0.4, -0.2) is 17.1 Å². The maximum Gasteiger partial charge on any atom is 0.0737 e. The maximum atomic E-state index is 6.01. The average Bonchev–Trinajstić information content (AvgIpc) is 2.30. The van der Waals surface area contributed by atoms with Gasteiger partial charge in [-0.25, -0.2) is 0 Å². The van der Waals surface area contributed by atoms with Gasteiger partial charge in [-0.3, -0.25) is 4.98 Å². The van der Waals surface area contributed by atoms with Gasteiger partial charge in [-0.2, -0.15) is 0 Å². The van der Waals surface area contributed by atoms with Crippen molar-refractivity contribution in [3.63, 3.8) is 0 Å². The third-order valence-corrected chi connectivity index (χ3v) is 3.40. The number of hydrogen-bond acceptors (Lipinski definition) is 3. The molecule has 0 aliphatic heterocycles. The van der Waals surface area contributed by atoms with Gasteiger partial charge in [0, 0.05) is 18.4 Å². The fourth-order valence-electron chi connectivity index (χ4n) is 2.05. The molecule has 1 saturated carbocycles. The molecule has 2 unspecified atom stereocenters. The summed E-state index contributed by atoms with van der Waals surface area (Å²) >= 11 is 6.00. The van der Waals surface area contributed by atoms with E-state index >= 15 is 0 Å². The summed E-state index contributed by atoms with van der Waals surface area (Å²) in [5.41, 5.74) is 6.99. The topological polar surface area (TPSA) is 48.1 Å². The van der Waals surface area contributed by atoms with Gasteiger partial charge < -0.3 is 10.5 Å². The summed E-state index contributed by atoms with van der Waals surface area (Å²) in [4.78, 5) is 3.94. The van der Waals surface area contributed by atoms with Gasteiger partial charge in [0.1, 0.15) is 0 Å². The molecule has 4 heteroatoms. The fraction of sp³-hybridized carbons (Fsp3) is 0.583. The summed E-state index contributed by atoms with van der Waals surface area (Å²) in [5.74, 6) is 0. The highest BCUT2D eigenvalue weighted by Gasteiger charge is 2.22. The molecule has 88 valence electrons. The average molecular weight is 241 g/mol. The first-order chi connectivity index (χ1) is 7.77. The zero-order chi connectivity index (χ0) is 11.4. The minimum absolute atomic E-state index is 0.175. The second kappa shape index (κ2) is 5.62. The molecule has 0 spiro atoms. The SMILES string of the molecule is NC1CCCCC1OCc1ccncc1Cl. The number of hydrogen-bond donors (Lipinski definition) is 1. The van der Waals surface area contributed by atoms with Gasteiger partial charge >= 0.3 is 0 Å². The number of nitrogens with zero attached hydrogens (tertiary/aromatic N) is 1. The molecule has 3 nitrogen and oxygen atoms in total. The quantitative estimate of drug-likeness (QED) is 0.883. The monoisotopic (exact) mass is 240 g/mol. The summed E-state index contributed by atoms with van der Waals surface area (Å²) in [5, 5.41) is 0.659. The molecule has 1 heterocycles. The number of nitrogens with two attached hydrogens (primary N) is 1. The molecule has 2 rings (SSSR count). The Bertz CT molecular complexity index is 346. The van der Waals surface area contributed by atoms with E-state index in [1.54, 1.807) is 12.4 Å². The van der Waals surface area contributed by atoms with Crippen LogP contribution in [-0.2, 0) is 11.3 Å².